The Hall–Kier alpha value is -1.23. The Labute approximate surface area is 93.4 Å². The molecule has 0 aliphatic carbocycles. The number of nitrogens with one attached hydrogen (secondary N) is 1. The van der Waals surface area contributed by atoms with Gasteiger partial charge in [-0.25, -0.2) is 8.78 Å². The fourth-order valence-corrected chi connectivity index (χ4v) is 1.70. The average molecular weight is 273 g/mol. The van der Waals surface area contributed by atoms with Gasteiger partial charge >= 0.3 is 0 Å². The first kappa shape index (κ1) is 10.3. The summed E-state index contributed by atoms with van der Waals surface area (Å²) in [5.41, 5.74) is 0.890. The highest BCUT2D eigenvalue weighted by molar-refractivity contribution is 9.10. The van der Waals surface area contributed by atoms with Crippen molar-refractivity contribution < 1.29 is 8.78 Å². The van der Waals surface area contributed by atoms with Crippen molar-refractivity contribution in [2.75, 3.05) is 0 Å². The summed E-state index contributed by atoms with van der Waals surface area (Å²) in [5, 5.41) is 6.34. The largest absolute Gasteiger partial charge is 0.277 e. The Morgan fingerprint density at radius 3 is 2.60 bits per heavy atom. The number of aromatic nitrogens is 2. The minimum absolute atomic E-state index is 0.169. The summed E-state index contributed by atoms with van der Waals surface area (Å²) < 4.78 is 27.4. The second-order valence-electron chi connectivity index (χ2n) is 3.17. The fourth-order valence-electron chi connectivity index (χ4n) is 1.30. The molecule has 1 aromatic heterocycles. The van der Waals surface area contributed by atoms with E-state index in [2.05, 4.69) is 26.1 Å². The summed E-state index contributed by atoms with van der Waals surface area (Å²) in [6.45, 7) is 1.52. The molecule has 2 nitrogen and oxygen atoms in total. The standard InChI is InChI=1S/C10H7BrF2N2/c1-5-2-9(13)6(3-8(5)12)10-7(11)4-14-15-10/h2-4H,1H3,(H,14,15). The van der Waals surface area contributed by atoms with Crippen LogP contribution in [0, 0.1) is 18.6 Å². The lowest BCUT2D eigenvalue weighted by Gasteiger charge is -2.03. The van der Waals surface area contributed by atoms with E-state index in [1.807, 2.05) is 0 Å². The number of aryl methyl sites for hydroxylation is 1. The molecular formula is C10H7BrF2N2. The van der Waals surface area contributed by atoms with E-state index in [-0.39, 0.29) is 11.1 Å². The highest BCUT2D eigenvalue weighted by Gasteiger charge is 2.13. The van der Waals surface area contributed by atoms with Crippen LogP contribution in [0.3, 0.4) is 0 Å². The van der Waals surface area contributed by atoms with Crippen LogP contribution >= 0.6 is 15.9 Å². The molecule has 1 N–H and O–H groups in total. The molecule has 5 heteroatoms. The van der Waals surface area contributed by atoms with Crippen LogP contribution in [0.1, 0.15) is 5.56 Å². The van der Waals surface area contributed by atoms with Crippen molar-refractivity contribution in [2.45, 2.75) is 6.92 Å². The minimum Gasteiger partial charge on any atom is -0.277 e. The van der Waals surface area contributed by atoms with Crippen molar-refractivity contribution in [3.63, 3.8) is 0 Å². The Morgan fingerprint density at radius 1 is 1.27 bits per heavy atom. The summed E-state index contributed by atoms with van der Waals surface area (Å²) >= 11 is 3.20. The second kappa shape index (κ2) is 3.73. The zero-order valence-corrected chi connectivity index (χ0v) is 9.40. The second-order valence-corrected chi connectivity index (χ2v) is 4.03. The van der Waals surface area contributed by atoms with Gasteiger partial charge in [0.1, 0.15) is 11.6 Å². The Morgan fingerprint density at radius 2 is 2.00 bits per heavy atom. The van der Waals surface area contributed by atoms with E-state index in [1.54, 1.807) is 0 Å². The molecule has 0 atom stereocenters. The zero-order valence-electron chi connectivity index (χ0n) is 7.81. The van der Waals surface area contributed by atoms with Gasteiger partial charge in [0.2, 0.25) is 0 Å². The maximum atomic E-state index is 13.5. The molecular weight excluding hydrogens is 266 g/mol. The predicted molar refractivity (Wildman–Crippen MR) is 56.4 cm³/mol. The van der Waals surface area contributed by atoms with Crippen LogP contribution in [0.4, 0.5) is 8.78 Å². The number of H-pyrrole nitrogens is 1. The molecule has 1 heterocycles. The highest BCUT2D eigenvalue weighted by Crippen LogP contribution is 2.29. The van der Waals surface area contributed by atoms with Gasteiger partial charge in [-0.15, -0.1) is 0 Å². The topological polar surface area (TPSA) is 28.7 Å². The number of hydrogen-bond acceptors (Lipinski definition) is 1. The number of halogens is 3. The van der Waals surface area contributed by atoms with Gasteiger partial charge in [-0.1, -0.05) is 0 Å². The van der Waals surface area contributed by atoms with Crippen molar-refractivity contribution in [3.05, 3.63) is 40.0 Å². The number of benzene rings is 1. The molecule has 0 saturated heterocycles. The van der Waals surface area contributed by atoms with Crippen LogP contribution in [0.5, 0.6) is 0 Å². The normalized spacial score (nSPS) is 10.7. The van der Waals surface area contributed by atoms with Gasteiger partial charge in [0, 0.05) is 5.56 Å². The van der Waals surface area contributed by atoms with Crippen molar-refractivity contribution in [3.8, 4) is 11.3 Å². The molecule has 0 saturated carbocycles. The Kier molecular flexibility index (Phi) is 2.56. The van der Waals surface area contributed by atoms with Crippen LogP contribution < -0.4 is 0 Å². The van der Waals surface area contributed by atoms with E-state index < -0.39 is 11.6 Å². The summed E-state index contributed by atoms with van der Waals surface area (Å²) in [6, 6.07) is 2.32. The summed E-state index contributed by atoms with van der Waals surface area (Å²) in [4.78, 5) is 0. The molecule has 0 spiro atoms. The van der Waals surface area contributed by atoms with Gasteiger partial charge in [0.25, 0.3) is 0 Å². The first-order valence-corrected chi connectivity index (χ1v) is 5.04. The zero-order chi connectivity index (χ0) is 11.0. The van der Waals surface area contributed by atoms with Gasteiger partial charge in [-0.05, 0) is 40.5 Å². The molecule has 2 rings (SSSR count). The number of rotatable bonds is 1. The minimum atomic E-state index is -0.473. The van der Waals surface area contributed by atoms with Crippen LogP contribution in [0.2, 0.25) is 0 Å². The van der Waals surface area contributed by atoms with Crippen LogP contribution in [-0.2, 0) is 0 Å². The molecule has 1 aromatic carbocycles. The highest BCUT2D eigenvalue weighted by atomic mass is 79.9. The first-order chi connectivity index (χ1) is 7.09. The average Bonchev–Trinajstić information content (AvgIpc) is 2.58. The molecule has 0 unspecified atom stereocenters. The van der Waals surface area contributed by atoms with Gasteiger partial charge in [0.15, 0.2) is 0 Å². The van der Waals surface area contributed by atoms with Crippen molar-refractivity contribution >= 4 is 15.9 Å². The third kappa shape index (κ3) is 1.79. The van der Waals surface area contributed by atoms with Crippen molar-refractivity contribution in [2.24, 2.45) is 0 Å². The maximum absolute atomic E-state index is 13.5. The van der Waals surface area contributed by atoms with Crippen molar-refractivity contribution in [1.29, 1.82) is 0 Å². The Balaban J connectivity index is 2.64. The SMILES string of the molecule is Cc1cc(F)c(-c2[nH]ncc2Br)cc1F. The van der Waals surface area contributed by atoms with Gasteiger partial charge < -0.3 is 0 Å². The van der Waals surface area contributed by atoms with E-state index in [0.717, 1.165) is 12.1 Å². The number of hydrogen-bond donors (Lipinski definition) is 1. The predicted octanol–water partition coefficient (Wildman–Crippen LogP) is 3.43. The van der Waals surface area contributed by atoms with E-state index in [0.29, 0.717) is 10.2 Å². The third-order valence-electron chi connectivity index (χ3n) is 2.11. The number of nitrogens with zero attached hydrogens (tertiary/aromatic N) is 1. The Bertz CT molecular complexity index is 508. The molecule has 0 bridgehead atoms. The van der Waals surface area contributed by atoms with Gasteiger partial charge in [-0.2, -0.15) is 5.10 Å². The third-order valence-corrected chi connectivity index (χ3v) is 2.71. The van der Waals surface area contributed by atoms with Crippen LogP contribution in [0.25, 0.3) is 11.3 Å². The van der Waals surface area contributed by atoms with Crippen LogP contribution in [0.15, 0.2) is 22.8 Å². The van der Waals surface area contributed by atoms with Gasteiger partial charge in [-0.3, -0.25) is 5.10 Å². The van der Waals surface area contributed by atoms with E-state index in [9.17, 15) is 8.78 Å². The molecule has 0 aliphatic rings. The molecule has 0 aliphatic heterocycles. The summed E-state index contributed by atoms with van der Waals surface area (Å²) in [7, 11) is 0. The van der Waals surface area contributed by atoms with Gasteiger partial charge in [0.05, 0.1) is 16.4 Å². The molecule has 0 fully saturated rings. The van der Waals surface area contributed by atoms with Crippen molar-refractivity contribution in [1.82, 2.24) is 10.2 Å². The quantitative estimate of drug-likeness (QED) is 0.847. The molecule has 15 heavy (non-hydrogen) atoms. The van der Waals surface area contributed by atoms with E-state index >= 15 is 0 Å². The molecule has 0 amide bonds. The summed E-state index contributed by atoms with van der Waals surface area (Å²) in [6.07, 6.45) is 1.49. The number of aromatic amines is 1. The lowest BCUT2D eigenvalue weighted by Crippen LogP contribution is -1.91. The molecule has 78 valence electrons. The summed E-state index contributed by atoms with van der Waals surface area (Å²) in [5.74, 6) is -0.910. The lowest BCUT2D eigenvalue weighted by molar-refractivity contribution is 0.594. The maximum Gasteiger partial charge on any atom is 0.133 e. The smallest absolute Gasteiger partial charge is 0.133 e. The van der Waals surface area contributed by atoms with Crippen LogP contribution in [-0.4, -0.2) is 10.2 Å². The lowest BCUT2D eigenvalue weighted by atomic mass is 10.1. The monoisotopic (exact) mass is 272 g/mol. The molecule has 0 radical (unpaired) electrons. The van der Waals surface area contributed by atoms with E-state index in [1.165, 1.54) is 13.1 Å². The van der Waals surface area contributed by atoms with E-state index in [4.69, 9.17) is 0 Å². The first-order valence-electron chi connectivity index (χ1n) is 4.24. The fraction of sp³-hybridized carbons (Fsp3) is 0.100. The molecule has 2 aromatic rings.